The van der Waals surface area contributed by atoms with Gasteiger partial charge in [-0.1, -0.05) is 18.2 Å². The molecule has 0 N–H and O–H groups in total. The number of hydrogen-bond donors (Lipinski definition) is 0. The minimum atomic E-state index is -0.853. The Hall–Kier alpha value is -2.56. The first-order chi connectivity index (χ1) is 10.1. The van der Waals surface area contributed by atoms with Gasteiger partial charge in [0.25, 0.3) is 0 Å². The Morgan fingerprint density at radius 3 is 2.43 bits per heavy atom. The lowest BCUT2D eigenvalue weighted by Gasteiger charge is -2.10. The molecular weight excluding hydrogens is 276 g/mol. The first kappa shape index (κ1) is 14.8. The van der Waals surface area contributed by atoms with Crippen LogP contribution in [0.2, 0.25) is 0 Å². The standard InChI is InChI=1S/C16H13F2NO2/c1-21-16(20)15(11-4-2-5-12(17)8-11)10-19-14-7-3-6-13(18)9-14/h2-10,15H,1H3. The van der Waals surface area contributed by atoms with Crippen molar-refractivity contribution in [2.75, 3.05) is 7.11 Å². The second kappa shape index (κ2) is 6.74. The molecule has 0 spiro atoms. The zero-order valence-corrected chi connectivity index (χ0v) is 11.3. The molecule has 0 saturated heterocycles. The van der Waals surface area contributed by atoms with Gasteiger partial charge in [-0.25, -0.2) is 8.78 Å². The molecule has 21 heavy (non-hydrogen) atoms. The van der Waals surface area contributed by atoms with E-state index >= 15 is 0 Å². The van der Waals surface area contributed by atoms with Crippen LogP contribution in [0.1, 0.15) is 11.5 Å². The zero-order chi connectivity index (χ0) is 15.2. The summed E-state index contributed by atoms with van der Waals surface area (Å²) in [5.41, 5.74) is 0.780. The summed E-state index contributed by atoms with van der Waals surface area (Å²) in [6.07, 6.45) is 1.31. The maximum absolute atomic E-state index is 13.3. The molecule has 5 heteroatoms. The van der Waals surface area contributed by atoms with E-state index in [1.165, 1.54) is 49.7 Å². The Morgan fingerprint density at radius 2 is 1.81 bits per heavy atom. The molecule has 0 heterocycles. The van der Waals surface area contributed by atoms with Gasteiger partial charge in [0, 0.05) is 6.21 Å². The summed E-state index contributed by atoms with van der Waals surface area (Å²) in [5, 5.41) is 0. The number of hydrogen-bond acceptors (Lipinski definition) is 3. The third-order valence-corrected chi connectivity index (χ3v) is 2.84. The van der Waals surface area contributed by atoms with Crippen LogP contribution in [0, 0.1) is 11.6 Å². The molecule has 108 valence electrons. The molecule has 2 aromatic carbocycles. The van der Waals surface area contributed by atoms with Gasteiger partial charge < -0.3 is 4.74 Å². The van der Waals surface area contributed by atoms with Gasteiger partial charge >= 0.3 is 5.97 Å². The summed E-state index contributed by atoms with van der Waals surface area (Å²) in [6.45, 7) is 0. The molecule has 0 aliphatic carbocycles. The Labute approximate surface area is 120 Å². The lowest BCUT2D eigenvalue weighted by molar-refractivity contribution is -0.140. The van der Waals surface area contributed by atoms with Crippen LogP contribution in [0.3, 0.4) is 0 Å². The predicted octanol–water partition coefficient (Wildman–Crippen LogP) is 3.62. The highest BCUT2D eigenvalue weighted by Crippen LogP contribution is 2.19. The van der Waals surface area contributed by atoms with Crippen molar-refractivity contribution < 1.29 is 18.3 Å². The average Bonchev–Trinajstić information content (AvgIpc) is 2.47. The van der Waals surface area contributed by atoms with Gasteiger partial charge in [-0.15, -0.1) is 0 Å². The van der Waals surface area contributed by atoms with E-state index in [9.17, 15) is 13.6 Å². The smallest absolute Gasteiger partial charge is 0.318 e. The van der Waals surface area contributed by atoms with Crippen LogP contribution in [0.4, 0.5) is 14.5 Å². The highest BCUT2D eigenvalue weighted by atomic mass is 19.1. The maximum atomic E-state index is 13.3. The number of carbonyl (C=O) groups excluding carboxylic acids is 1. The molecule has 0 aliphatic rings. The van der Waals surface area contributed by atoms with E-state index < -0.39 is 23.5 Å². The van der Waals surface area contributed by atoms with E-state index in [1.54, 1.807) is 12.1 Å². The van der Waals surface area contributed by atoms with Crippen molar-refractivity contribution in [3.8, 4) is 0 Å². The van der Waals surface area contributed by atoms with Gasteiger partial charge in [0.05, 0.1) is 12.8 Å². The molecular formula is C16H13F2NO2. The van der Waals surface area contributed by atoms with Crippen LogP contribution in [0.15, 0.2) is 53.5 Å². The second-order valence-corrected chi connectivity index (χ2v) is 4.31. The number of carbonyl (C=O) groups is 1. The summed E-state index contributed by atoms with van der Waals surface area (Å²) in [6, 6.07) is 11.2. The number of methoxy groups -OCH3 is 1. The Balaban J connectivity index is 2.31. The molecule has 0 aliphatic heterocycles. The van der Waals surface area contributed by atoms with E-state index in [0.29, 0.717) is 11.3 Å². The van der Waals surface area contributed by atoms with Crippen molar-refractivity contribution in [3.05, 3.63) is 65.7 Å². The van der Waals surface area contributed by atoms with Gasteiger partial charge in [-0.3, -0.25) is 9.79 Å². The summed E-state index contributed by atoms with van der Waals surface area (Å²) in [7, 11) is 1.24. The van der Waals surface area contributed by atoms with Gasteiger partial charge in [0.1, 0.15) is 17.6 Å². The van der Waals surface area contributed by atoms with E-state index in [2.05, 4.69) is 4.99 Å². The predicted molar refractivity (Wildman–Crippen MR) is 75.7 cm³/mol. The molecule has 2 rings (SSSR count). The number of nitrogens with zero attached hydrogens (tertiary/aromatic N) is 1. The SMILES string of the molecule is COC(=O)C(C=Nc1cccc(F)c1)c1cccc(F)c1. The first-order valence-corrected chi connectivity index (χ1v) is 6.23. The quantitative estimate of drug-likeness (QED) is 0.637. The normalized spacial score (nSPS) is 12.3. The fourth-order valence-corrected chi connectivity index (χ4v) is 1.83. The molecule has 0 aromatic heterocycles. The second-order valence-electron chi connectivity index (χ2n) is 4.31. The number of rotatable bonds is 4. The summed E-state index contributed by atoms with van der Waals surface area (Å²) >= 11 is 0. The Bertz CT molecular complexity index is 671. The summed E-state index contributed by atoms with van der Waals surface area (Å²) < 4.78 is 31.0. The van der Waals surface area contributed by atoms with Crippen LogP contribution < -0.4 is 0 Å². The lowest BCUT2D eigenvalue weighted by atomic mass is 10.0. The van der Waals surface area contributed by atoms with Gasteiger partial charge in [-0.2, -0.15) is 0 Å². The van der Waals surface area contributed by atoms with E-state index in [0.717, 1.165) is 0 Å². The Morgan fingerprint density at radius 1 is 1.14 bits per heavy atom. The fourth-order valence-electron chi connectivity index (χ4n) is 1.83. The topological polar surface area (TPSA) is 38.7 Å². The first-order valence-electron chi connectivity index (χ1n) is 6.23. The molecule has 0 radical (unpaired) electrons. The monoisotopic (exact) mass is 289 g/mol. The van der Waals surface area contributed by atoms with Crippen molar-refractivity contribution in [1.29, 1.82) is 0 Å². The van der Waals surface area contributed by atoms with E-state index in [-0.39, 0.29) is 0 Å². The third-order valence-electron chi connectivity index (χ3n) is 2.84. The average molecular weight is 289 g/mol. The number of aliphatic imine (C=N–C) groups is 1. The molecule has 1 unspecified atom stereocenters. The summed E-state index contributed by atoms with van der Waals surface area (Å²) in [5.74, 6) is -2.31. The van der Waals surface area contributed by atoms with E-state index in [1.807, 2.05) is 0 Å². The highest BCUT2D eigenvalue weighted by Gasteiger charge is 2.19. The number of benzene rings is 2. The Kier molecular flexibility index (Phi) is 4.77. The molecule has 3 nitrogen and oxygen atoms in total. The van der Waals surface area contributed by atoms with Gasteiger partial charge in [-0.05, 0) is 35.9 Å². The molecule has 1 atom stereocenters. The molecule has 0 bridgehead atoms. The largest absolute Gasteiger partial charge is 0.468 e. The van der Waals surface area contributed by atoms with Crippen molar-refractivity contribution >= 4 is 17.9 Å². The van der Waals surface area contributed by atoms with Crippen molar-refractivity contribution in [2.45, 2.75) is 5.92 Å². The maximum Gasteiger partial charge on any atom is 0.318 e. The minimum absolute atomic E-state index is 0.361. The number of ether oxygens (including phenoxy) is 1. The number of esters is 1. The van der Waals surface area contributed by atoms with Crippen LogP contribution >= 0.6 is 0 Å². The fraction of sp³-hybridized carbons (Fsp3) is 0.125. The van der Waals surface area contributed by atoms with Gasteiger partial charge in [0.15, 0.2) is 0 Å². The van der Waals surface area contributed by atoms with Crippen LogP contribution in [-0.4, -0.2) is 19.3 Å². The molecule has 0 amide bonds. The third kappa shape index (κ3) is 3.95. The van der Waals surface area contributed by atoms with Gasteiger partial charge in [0.2, 0.25) is 0 Å². The van der Waals surface area contributed by atoms with Crippen molar-refractivity contribution in [3.63, 3.8) is 0 Å². The lowest BCUT2D eigenvalue weighted by Crippen LogP contribution is -2.15. The molecule has 0 fully saturated rings. The molecule has 0 saturated carbocycles. The van der Waals surface area contributed by atoms with Crippen LogP contribution in [-0.2, 0) is 9.53 Å². The minimum Gasteiger partial charge on any atom is -0.468 e. The number of halogens is 2. The van der Waals surface area contributed by atoms with E-state index in [4.69, 9.17) is 4.74 Å². The zero-order valence-electron chi connectivity index (χ0n) is 11.3. The summed E-state index contributed by atoms with van der Waals surface area (Å²) in [4.78, 5) is 15.9. The van der Waals surface area contributed by atoms with Crippen molar-refractivity contribution in [2.24, 2.45) is 4.99 Å². The van der Waals surface area contributed by atoms with Crippen molar-refractivity contribution in [1.82, 2.24) is 0 Å². The van der Waals surface area contributed by atoms with Crippen LogP contribution in [0.25, 0.3) is 0 Å². The van der Waals surface area contributed by atoms with Crippen LogP contribution in [0.5, 0.6) is 0 Å². The molecule has 2 aromatic rings. The highest BCUT2D eigenvalue weighted by molar-refractivity contribution is 5.96.